The molecule has 10 nitrogen and oxygen atoms in total. The molecule has 0 bridgehead atoms. The van der Waals surface area contributed by atoms with Gasteiger partial charge in [-0.3, -0.25) is 19.5 Å². The molecule has 1 unspecified atom stereocenters. The average Bonchev–Trinajstić information content (AvgIpc) is 3.38. The van der Waals surface area contributed by atoms with Crippen LogP contribution in [0.15, 0.2) is 73.1 Å². The van der Waals surface area contributed by atoms with E-state index in [0.29, 0.717) is 6.61 Å². The van der Waals surface area contributed by atoms with Crippen LogP contribution in [0.2, 0.25) is 0 Å². The predicted octanol–water partition coefficient (Wildman–Crippen LogP) is 4.14. The number of nitrogens with zero attached hydrogens (tertiary/aromatic N) is 5. The molecule has 3 heterocycles. The number of rotatable bonds is 11. The molecule has 1 atom stereocenters. The third-order valence-corrected chi connectivity index (χ3v) is 7.53. The van der Waals surface area contributed by atoms with Crippen LogP contribution in [0, 0.1) is 0 Å². The van der Waals surface area contributed by atoms with Crippen molar-refractivity contribution in [3.63, 3.8) is 0 Å². The van der Waals surface area contributed by atoms with E-state index >= 15 is 0 Å². The van der Waals surface area contributed by atoms with Crippen molar-refractivity contribution >= 4 is 28.5 Å². The van der Waals surface area contributed by atoms with E-state index < -0.39 is 0 Å². The summed E-state index contributed by atoms with van der Waals surface area (Å²) in [6.45, 7) is 5.44. The number of hydrogen-bond acceptors (Lipinski definition) is 8. The summed E-state index contributed by atoms with van der Waals surface area (Å²) >= 11 is 0. The fourth-order valence-corrected chi connectivity index (χ4v) is 5.50. The molecule has 1 fully saturated rings. The second kappa shape index (κ2) is 14.0. The Morgan fingerprint density at radius 3 is 2.67 bits per heavy atom. The number of anilines is 1. The lowest BCUT2D eigenvalue weighted by molar-refractivity contribution is -0.143. The van der Waals surface area contributed by atoms with E-state index in [1.54, 1.807) is 14.0 Å². The maximum Gasteiger partial charge on any atom is 0.307 e. The first-order chi connectivity index (χ1) is 20.6. The first kappa shape index (κ1) is 29.1. The molecule has 4 aromatic rings. The highest BCUT2D eigenvalue weighted by molar-refractivity contribution is 5.94. The van der Waals surface area contributed by atoms with Gasteiger partial charge in [-0.05, 0) is 49.7 Å². The number of methoxy groups -OCH3 is 1. The van der Waals surface area contributed by atoms with Crippen LogP contribution in [0.1, 0.15) is 37.9 Å². The summed E-state index contributed by atoms with van der Waals surface area (Å²) in [6, 6.07) is 19.7. The highest BCUT2D eigenvalue weighted by atomic mass is 16.5. The van der Waals surface area contributed by atoms with Gasteiger partial charge < -0.3 is 19.7 Å². The average molecular weight is 571 g/mol. The molecule has 42 heavy (non-hydrogen) atoms. The van der Waals surface area contributed by atoms with Crippen LogP contribution in [0.3, 0.4) is 0 Å². The molecule has 1 saturated heterocycles. The number of carbonyl (C=O) groups excluding carboxylic acids is 2. The Kier molecular flexibility index (Phi) is 9.66. The number of pyridine rings is 1. The lowest BCUT2D eigenvalue weighted by atomic mass is 10.1. The molecule has 10 heteroatoms. The van der Waals surface area contributed by atoms with Gasteiger partial charge in [-0.25, -0.2) is 4.68 Å². The Hall–Kier alpha value is -4.44. The monoisotopic (exact) mass is 570 g/mol. The van der Waals surface area contributed by atoms with Gasteiger partial charge in [0.25, 0.3) is 0 Å². The van der Waals surface area contributed by atoms with Crippen molar-refractivity contribution in [3.05, 3.63) is 78.8 Å². The summed E-state index contributed by atoms with van der Waals surface area (Å²) in [5, 5.41) is 8.86. The summed E-state index contributed by atoms with van der Waals surface area (Å²) < 4.78 is 12.6. The second-order valence-electron chi connectivity index (χ2n) is 10.2. The zero-order valence-corrected chi connectivity index (χ0v) is 24.2. The first-order valence-corrected chi connectivity index (χ1v) is 14.5. The van der Waals surface area contributed by atoms with Gasteiger partial charge in [0, 0.05) is 56.9 Å². The highest BCUT2D eigenvalue weighted by Crippen LogP contribution is 2.36. The molecule has 1 aliphatic rings. The Bertz CT molecular complexity index is 1490. The van der Waals surface area contributed by atoms with Gasteiger partial charge in [0.15, 0.2) is 0 Å². The molecule has 0 radical (unpaired) electrons. The lowest BCUT2D eigenvalue weighted by Crippen LogP contribution is -2.37. The van der Waals surface area contributed by atoms with Crippen LogP contribution in [0.5, 0.6) is 5.75 Å². The minimum Gasteiger partial charge on any atom is -0.494 e. The molecule has 2 aromatic carbocycles. The van der Waals surface area contributed by atoms with Gasteiger partial charge in [-0.15, -0.1) is 0 Å². The van der Waals surface area contributed by atoms with E-state index in [9.17, 15) is 9.59 Å². The number of ether oxygens (including phenoxy) is 2. The highest BCUT2D eigenvalue weighted by Gasteiger charge is 2.29. The quantitative estimate of drug-likeness (QED) is 0.269. The number of para-hydroxylation sites is 1. The number of benzene rings is 2. The van der Waals surface area contributed by atoms with Crippen molar-refractivity contribution in [2.45, 2.75) is 32.2 Å². The van der Waals surface area contributed by atoms with E-state index in [2.05, 4.69) is 26.2 Å². The number of amides is 1. The Balaban J connectivity index is 1.36. The normalized spacial score (nSPS) is 14.8. The third-order valence-electron chi connectivity index (χ3n) is 7.53. The zero-order chi connectivity index (χ0) is 29.3. The standard InChI is InChI=1S/C32H38N6O4/c1-3-42-30(40)14-17-33-29(39)23-27(26-15-20-38(35-26)25-10-5-4-6-11-25)36-18-8-19-37(22-21-36)32-28(41-2)13-12-24-9-7-16-34-31(24)32/h4-7,9-13,15-16,20,27H,3,8,14,17-19,21-23H2,1-2H3,(H,33,39). The summed E-state index contributed by atoms with van der Waals surface area (Å²) in [7, 11) is 1.69. The van der Waals surface area contributed by atoms with E-state index in [1.807, 2.05) is 71.7 Å². The zero-order valence-electron chi connectivity index (χ0n) is 24.2. The Labute approximate surface area is 246 Å². The number of carbonyl (C=O) groups is 2. The van der Waals surface area contributed by atoms with E-state index in [1.165, 1.54) is 0 Å². The first-order valence-electron chi connectivity index (χ1n) is 14.5. The molecule has 2 aromatic heterocycles. The lowest BCUT2D eigenvalue weighted by Gasteiger charge is -2.30. The Morgan fingerprint density at radius 2 is 1.86 bits per heavy atom. The van der Waals surface area contributed by atoms with Gasteiger partial charge in [0.1, 0.15) is 11.4 Å². The fraction of sp³-hybridized carbons (Fsp3) is 0.375. The van der Waals surface area contributed by atoms with Crippen LogP contribution in [0.4, 0.5) is 5.69 Å². The van der Waals surface area contributed by atoms with Crippen LogP contribution < -0.4 is 15.0 Å². The van der Waals surface area contributed by atoms with Gasteiger partial charge in [-0.1, -0.05) is 24.3 Å². The van der Waals surface area contributed by atoms with Crippen molar-refractivity contribution in [1.82, 2.24) is 25.0 Å². The van der Waals surface area contributed by atoms with Gasteiger partial charge in [-0.2, -0.15) is 5.10 Å². The summed E-state index contributed by atoms with van der Waals surface area (Å²) in [5.41, 5.74) is 3.71. The smallest absolute Gasteiger partial charge is 0.307 e. The Morgan fingerprint density at radius 1 is 1.00 bits per heavy atom. The third kappa shape index (κ3) is 6.88. The SMILES string of the molecule is CCOC(=O)CCNC(=O)CC(c1ccn(-c2ccccc2)n1)N1CCCN(c2c(OC)ccc3cccnc23)CC1. The van der Waals surface area contributed by atoms with E-state index in [4.69, 9.17) is 14.6 Å². The summed E-state index contributed by atoms with van der Waals surface area (Å²) in [5.74, 6) is 0.357. The summed E-state index contributed by atoms with van der Waals surface area (Å²) in [6.07, 6.45) is 5.02. The topological polar surface area (TPSA) is 102 Å². The van der Waals surface area contributed by atoms with Crippen molar-refractivity contribution in [3.8, 4) is 11.4 Å². The van der Waals surface area contributed by atoms with E-state index in [-0.39, 0.29) is 37.3 Å². The largest absolute Gasteiger partial charge is 0.494 e. The maximum absolute atomic E-state index is 13.1. The van der Waals surface area contributed by atoms with Crippen LogP contribution in [-0.2, 0) is 14.3 Å². The number of hydrogen-bond donors (Lipinski definition) is 1. The van der Waals surface area contributed by atoms with Gasteiger partial charge in [0.05, 0.1) is 43.1 Å². The minimum atomic E-state index is -0.318. The van der Waals surface area contributed by atoms with E-state index in [0.717, 1.165) is 66.3 Å². The van der Waals surface area contributed by atoms with Crippen LogP contribution in [-0.4, -0.2) is 78.0 Å². The van der Waals surface area contributed by atoms with Crippen molar-refractivity contribution in [2.75, 3.05) is 51.3 Å². The van der Waals surface area contributed by atoms with Crippen molar-refractivity contribution in [2.24, 2.45) is 0 Å². The summed E-state index contributed by atoms with van der Waals surface area (Å²) in [4.78, 5) is 34.2. The predicted molar refractivity (Wildman–Crippen MR) is 162 cm³/mol. The molecule has 0 spiro atoms. The molecule has 220 valence electrons. The van der Waals surface area contributed by atoms with Gasteiger partial charge in [0.2, 0.25) is 5.91 Å². The van der Waals surface area contributed by atoms with Gasteiger partial charge >= 0.3 is 5.97 Å². The molecule has 1 amide bonds. The molecule has 5 rings (SSSR count). The second-order valence-corrected chi connectivity index (χ2v) is 10.2. The van der Waals surface area contributed by atoms with Crippen LogP contribution in [0.25, 0.3) is 16.6 Å². The number of nitrogens with one attached hydrogen (secondary N) is 1. The maximum atomic E-state index is 13.1. The molecule has 0 aliphatic carbocycles. The minimum absolute atomic E-state index is 0.125. The number of esters is 1. The molecule has 0 saturated carbocycles. The van der Waals surface area contributed by atoms with Crippen molar-refractivity contribution in [1.29, 1.82) is 0 Å². The van der Waals surface area contributed by atoms with Crippen LogP contribution >= 0.6 is 0 Å². The number of fused-ring (bicyclic) bond motifs is 1. The molecular weight excluding hydrogens is 532 g/mol. The number of aromatic nitrogens is 3. The molecule has 1 N–H and O–H groups in total. The molecule has 1 aliphatic heterocycles. The molecular formula is C32H38N6O4. The fourth-order valence-electron chi connectivity index (χ4n) is 5.50. The van der Waals surface area contributed by atoms with Crippen molar-refractivity contribution < 1.29 is 19.1 Å².